The third kappa shape index (κ3) is 5.02. The normalized spacial score (nSPS) is 12.3. The number of nitrogens with one attached hydrogen (secondary N) is 1. The molecule has 8 heteroatoms. The maximum atomic E-state index is 15.1. The lowest BCUT2D eigenvalue weighted by Crippen LogP contribution is -2.45. The molecule has 1 amide bonds. The monoisotopic (exact) mass is 443 g/mol. The summed E-state index contributed by atoms with van der Waals surface area (Å²) >= 11 is 0. The summed E-state index contributed by atoms with van der Waals surface area (Å²) < 4.78 is 26.5. The van der Waals surface area contributed by atoms with Gasteiger partial charge >= 0.3 is 0 Å². The number of carbonyl (C=O) groups is 1. The predicted octanol–water partition coefficient (Wildman–Crippen LogP) is 3.89. The smallest absolute Gasteiger partial charge is 0.254 e. The summed E-state index contributed by atoms with van der Waals surface area (Å²) in [5.74, 6) is -1.01. The van der Waals surface area contributed by atoms with E-state index in [1.165, 1.54) is 19.2 Å². The molecule has 5 N–H and O–H groups in total. The fraction of sp³-hybridized carbons (Fsp3) is 0.130. The Kier molecular flexibility index (Phi) is 7.74. The lowest BCUT2D eigenvalue weighted by Gasteiger charge is -2.31. The average molecular weight is 444 g/mol. The second-order valence-corrected chi connectivity index (χ2v) is 6.71. The molecule has 162 valence electrons. The van der Waals surface area contributed by atoms with E-state index in [0.29, 0.717) is 16.9 Å². The average Bonchev–Trinajstić information content (AvgIpc) is 2.73. The van der Waals surface area contributed by atoms with Crippen LogP contribution in [0.3, 0.4) is 0 Å². The first-order valence-corrected chi connectivity index (χ1v) is 9.17. The van der Waals surface area contributed by atoms with E-state index >= 15 is 4.39 Å². The largest absolute Gasteiger partial charge is 0.457 e. The van der Waals surface area contributed by atoms with Gasteiger partial charge in [-0.25, -0.2) is 4.39 Å². The maximum absolute atomic E-state index is 15.1. The number of amidine groups is 1. The van der Waals surface area contributed by atoms with Gasteiger partial charge in [-0.2, -0.15) is 0 Å². The van der Waals surface area contributed by atoms with Gasteiger partial charge < -0.3 is 20.9 Å². The molecule has 0 aliphatic heterocycles. The summed E-state index contributed by atoms with van der Waals surface area (Å²) in [5.41, 5.74) is 10.5. The second-order valence-electron chi connectivity index (χ2n) is 6.71. The van der Waals surface area contributed by atoms with Crippen LogP contribution < -0.4 is 16.2 Å². The van der Waals surface area contributed by atoms with Gasteiger partial charge in [-0.3, -0.25) is 10.2 Å². The Hall–Kier alpha value is -3.42. The standard InChI is InChI=1S/C23H22FN3O3.ClH/c1-29-23(22(27)28,14-15-10-12-16(13-11-15)21(25)26)20-18(24)8-5-9-19(20)30-17-6-3-2-4-7-17;/h2-13H,14H2,1H3,(H3,25,26)(H2,27,28);1H. The van der Waals surface area contributed by atoms with Gasteiger partial charge in [0.05, 0.1) is 5.56 Å². The van der Waals surface area contributed by atoms with Crippen LogP contribution >= 0.6 is 12.4 Å². The van der Waals surface area contributed by atoms with Crippen molar-refractivity contribution in [3.8, 4) is 11.5 Å². The lowest BCUT2D eigenvalue weighted by molar-refractivity contribution is -0.141. The number of hydrogen-bond donors (Lipinski definition) is 3. The first-order valence-electron chi connectivity index (χ1n) is 9.17. The quantitative estimate of drug-likeness (QED) is 0.362. The summed E-state index contributed by atoms with van der Waals surface area (Å²) in [4.78, 5) is 12.6. The van der Waals surface area contributed by atoms with Crippen LogP contribution in [0.2, 0.25) is 0 Å². The van der Waals surface area contributed by atoms with Crippen molar-refractivity contribution < 1.29 is 18.7 Å². The third-order valence-corrected chi connectivity index (χ3v) is 4.81. The van der Waals surface area contributed by atoms with Crippen LogP contribution in [0.5, 0.6) is 11.5 Å². The van der Waals surface area contributed by atoms with E-state index in [0.717, 1.165) is 0 Å². The molecule has 0 radical (unpaired) electrons. The van der Waals surface area contributed by atoms with Gasteiger partial charge in [0.15, 0.2) is 5.60 Å². The van der Waals surface area contributed by atoms with Crippen molar-refractivity contribution in [1.29, 1.82) is 5.41 Å². The molecule has 0 aliphatic carbocycles. The number of rotatable bonds is 8. The minimum absolute atomic E-state index is 0. The van der Waals surface area contributed by atoms with E-state index < -0.39 is 17.3 Å². The van der Waals surface area contributed by atoms with E-state index in [1.54, 1.807) is 54.6 Å². The summed E-state index contributed by atoms with van der Waals surface area (Å²) in [6.45, 7) is 0. The highest BCUT2D eigenvalue weighted by Crippen LogP contribution is 2.39. The summed E-state index contributed by atoms with van der Waals surface area (Å²) in [7, 11) is 1.30. The zero-order valence-corrected chi connectivity index (χ0v) is 17.6. The number of amides is 1. The van der Waals surface area contributed by atoms with Crippen molar-refractivity contribution in [3.05, 3.63) is 95.3 Å². The minimum Gasteiger partial charge on any atom is -0.457 e. The number of para-hydroxylation sites is 1. The molecular weight excluding hydrogens is 421 g/mol. The molecule has 1 unspecified atom stereocenters. The van der Waals surface area contributed by atoms with E-state index in [2.05, 4.69) is 0 Å². The third-order valence-electron chi connectivity index (χ3n) is 4.81. The zero-order valence-electron chi connectivity index (χ0n) is 16.8. The van der Waals surface area contributed by atoms with Crippen LogP contribution in [0, 0.1) is 11.2 Å². The molecule has 3 rings (SSSR count). The molecule has 1 atom stereocenters. The van der Waals surface area contributed by atoms with Crippen molar-refractivity contribution in [2.45, 2.75) is 12.0 Å². The van der Waals surface area contributed by atoms with Gasteiger partial charge in [-0.05, 0) is 29.8 Å². The Balaban J connectivity index is 0.00000341. The first-order chi connectivity index (χ1) is 14.4. The Bertz CT molecular complexity index is 1060. The van der Waals surface area contributed by atoms with Crippen molar-refractivity contribution in [1.82, 2.24) is 0 Å². The second kappa shape index (κ2) is 10.1. The number of halogens is 2. The van der Waals surface area contributed by atoms with E-state index in [4.69, 9.17) is 26.4 Å². The topological polar surface area (TPSA) is 111 Å². The number of nitrogens with two attached hydrogens (primary N) is 2. The molecule has 0 saturated carbocycles. The highest BCUT2D eigenvalue weighted by molar-refractivity contribution is 5.95. The van der Waals surface area contributed by atoms with Crippen LogP contribution in [-0.4, -0.2) is 18.9 Å². The van der Waals surface area contributed by atoms with E-state index in [1.807, 2.05) is 6.07 Å². The van der Waals surface area contributed by atoms with Crippen LogP contribution in [0.15, 0.2) is 72.8 Å². The summed E-state index contributed by atoms with van der Waals surface area (Å²) in [6.07, 6.45) is -0.0386. The van der Waals surface area contributed by atoms with Crippen LogP contribution in [0.1, 0.15) is 16.7 Å². The zero-order chi connectivity index (χ0) is 21.7. The predicted molar refractivity (Wildman–Crippen MR) is 119 cm³/mol. The number of ether oxygens (including phenoxy) is 2. The lowest BCUT2D eigenvalue weighted by atomic mass is 9.85. The van der Waals surface area contributed by atoms with Crippen molar-refractivity contribution in [2.75, 3.05) is 7.11 Å². The number of benzene rings is 3. The van der Waals surface area contributed by atoms with Crippen LogP contribution in [-0.2, 0) is 21.6 Å². The van der Waals surface area contributed by atoms with Crippen molar-refractivity contribution in [3.63, 3.8) is 0 Å². The molecule has 0 bridgehead atoms. The Morgan fingerprint density at radius 2 is 1.65 bits per heavy atom. The van der Waals surface area contributed by atoms with Gasteiger partial charge in [0, 0.05) is 19.1 Å². The van der Waals surface area contributed by atoms with Crippen LogP contribution in [0.4, 0.5) is 4.39 Å². The highest BCUT2D eigenvalue weighted by atomic mass is 35.5. The number of primary amides is 1. The van der Waals surface area contributed by atoms with Crippen molar-refractivity contribution in [2.24, 2.45) is 11.5 Å². The van der Waals surface area contributed by atoms with Gasteiger partial charge in [-0.15, -0.1) is 12.4 Å². The Morgan fingerprint density at radius 3 is 2.19 bits per heavy atom. The van der Waals surface area contributed by atoms with Gasteiger partial charge in [0.25, 0.3) is 5.91 Å². The first kappa shape index (κ1) is 23.9. The van der Waals surface area contributed by atoms with E-state index in [-0.39, 0.29) is 36.0 Å². The molecule has 6 nitrogen and oxygen atoms in total. The number of nitrogen functional groups attached to an aromatic ring is 1. The fourth-order valence-corrected chi connectivity index (χ4v) is 3.26. The molecule has 0 fully saturated rings. The fourth-order valence-electron chi connectivity index (χ4n) is 3.26. The van der Waals surface area contributed by atoms with Gasteiger partial charge in [0.2, 0.25) is 0 Å². The number of hydrogen-bond acceptors (Lipinski definition) is 4. The molecule has 31 heavy (non-hydrogen) atoms. The summed E-state index contributed by atoms with van der Waals surface area (Å²) in [5, 5.41) is 7.50. The molecule has 0 aliphatic rings. The molecule has 3 aromatic rings. The number of carbonyl (C=O) groups excluding carboxylic acids is 1. The van der Waals surface area contributed by atoms with Gasteiger partial charge in [-0.1, -0.05) is 48.5 Å². The minimum atomic E-state index is -1.81. The SMILES string of the molecule is COC(Cc1ccc(C(=N)N)cc1)(C(N)=O)c1c(F)cccc1Oc1ccccc1.Cl. The highest BCUT2D eigenvalue weighted by Gasteiger charge is 2.44. The summed E-state index contributed by atoms with van der Waals surface area (Å²) in [6, 6.07) is 19.7. The Morgan fingerprint density at radius 1 is 1.00 bits per heavy atom. The number of methoxy groups -OCH3 is 1. The molecule has 0 saturated heterocycles. The molecule has 0 spiro atoms. The molecule has 3 aromatic carbocycles. The van der Waals surface area contributed by atoms with Crippen LogP contribution in [0.25, 0.3) is 0 Å². The van der Waals surface area contributed by atoms with E-state index in [9.17, 15) is 4.79 Å². The molecular formula is C23H23ClFN3O3. The van der Waals surface area contributed by atoms with Crippen molar-refractivity contribution >= 4 is 24.1 Å². The Labute approximate surface area is 185 Å². The van der Waals surface area contributed by atoms with Gasteiger partial charge in [0.1, 0.15) is 23.2 Å². The molecule has 0 heterocycles. The molecule has 0 aromatic heterocycles. The maximum Gasteiger partial charge on any atom is 0.254 e.